The normalized spacial score (nSPS) is 29.3. The first-order chi connectivity index (χ1) is 6.38. The lowest BCUT2D eigenvalue weighted by atomic mass is 10.0. The van der Waals surface area contributed by atoms with Gasteiger partial charge in [-0.25, -0.2) is 0 Å². The lowest BCUT2D eigenvalue weighted by Gasteiger charge is -2.29. The Balaban J connectivity index is 1.83. The van der Waals surface area contributed by atoms with Gasteiger partial charge in [-0.3, -0.25) is 0 Å². The summed E-state index contributed by atoms with van der Waals surface area (Å²) in [5, 5.41) is 0. The van der Waals surface area contributed by atoms with Crippen LogP contribution in [0.4, 0.5) is 0 Å². The molecule has 76 valence electrons. The first kappa shape index (κ1) is 10.2. The van der Waals surface area contributed by atoms with Crippen molar-refractivity contribution in [2.75, 3.05) is 0 Å². The van der Waals surface area contributed by atoms with Crippen LogP contribution in [-0.4, -0.2) is 11.3 Å². The maximum absolute atomic E-state index is 6.63. The average molecular weight is 219 g/mol. The van der Waals surface area contributed by atoms with Crippen LogP contribution in [0.2, 0.25) is 0 Å². The van der Waals surface area contributed by atoms with Gasteiger partial charge in [-0.1, -0.05) is 43.3 Å². The third kappa shape index (κ3) is 2.60. The number of hydrogen-bond acceptors (Lipinski definition) is 0. The van der Waals surface area contributed by atoms with Crippen LogP contribution in [0.5, 0.6) is 0 Å². The van der Waals surface area contributed by atoms with Crippen LogP contribution >= 0.6 is 18.5 Å². The van der Waals surface area contributed by atoms with Crippen molar-refractivity contribution in [1.29, 1.82) is 0 Å². The number of rotatable bonds is 2. The molecule has 0 aromatic rings. The van der Waals surface area contributed by atoms with E-state index in [2.05, 4.69) is 0 Å². The third-order valence-electron chi connectivity index (χ3n) is 3.60. The molecule has 0 spiro atoms. The van der Waals surface area contributed by atoms with Crippen LogP contribution in [0.1, 0.15) is 57.8 Å². The summed E-state index contributed by atoms with van der Waals surface area (Å²) in [5.74, 6) is 0. The summed E-state index contributed by atoms with van der Waals surface area (Å²) in [6, 6.07) is 0. The van der Waals surface area contributed by atoms with Crippen LogP contribution in [0.3, 0.4) is 0 Å². The van der Waals surface area contributed by atoms with E-state index in [4.69, 9.17) is 11.2 Å². The molecule has 0 bridgehead atoms. The van der Waals surface area contributed by atoms with Crippen molar-refractivity contribution in [3.05, 3.63) is 0 Å². The highest BCUT2D eigenvalue weighted by atomic mass is 35.7. The summed E-state index contributed by atoms with van der Waals surface area (Å²) in [7, 11) is -0.128. The molecule has 2 aliphatic carbocycles. The van der Waals surface area contributed by atoms with Gasteiger partial charge >= 0.3 is 0 Å². The topological polar surface area (TPSA) is 0 Å². The zero-order valence-electron chi connectivity index (χ0n) is 8.34. The molecule has 0 aliphatic heterocycles. The van der Waals surface area contributed by atoms with Crippen LogP contribution in [0, 0.1) is 0 Å². The summed E-state index contributed by atoms with van der Waals surface area (Å²) >= 11 is 6.63. The summed E-state index contributed by atoms with van der Waals surface area (Å²) in [6.45, 7) is 0. The second-order valence-electron chi connectivity index (χ2n) is 4.57. The molecule has 0 saturated heterocycles. The number of hydrogen-bond donors (Lipinski definition) is 0. The van der Waals surface area contributed by atoms with E-state index in [0.717, 1.165) is 11.3 Å². The Morgan fingerprint density at radius 1 is 0.692 bits per heavy atom. The zero-order valence-corrected chi connectivity index (χ0v) is 9.99. The Labute approximate surface area is 88.0 Å². The maximum atomic E-state index is 6.63. The Morgan fingerprint density at radius 3 is 1.54 bits per heavy atom. The second-order valence-corrected chi connectivity index (χ2v) is 7.89. The summed E-state index contributed by atoms with van der Waals surface area (Å²) < 4.78 is 0. The zero-order chi connectivity index (χ0) is 9.10. The van der Waals surface area contributed by atoms with Crippen molar-refractivity contribution in [3.63, 3.8) is 0 Å². The molecular formula is C11H20ClP. The van der Waals surface area contributed by atoms with E-state index >= 15 is 0 Å². The van der Waals surface area contributed by atoms with Crippen LogP contribution in [0.25, 0.3) is 0 Å². The van der Waals surface area contributed by atoms with Gasteiger partial charge in [0.05, 0.1) is 0 Å². The smallest absolute Gasteiger partial charge is 0.00339 e. The molecule has 1 unspecified atom stereocenters. The van der Waals surface area contributed by atoms with E-state index in [9.17, 15) is 0 Å². The largest absolute Gasteiger partial charge is 0.0958 e. The number of halogens is 1. The molecule has 0 radical (unpaired) electrons. The molecule has 2 heteroatoms. The molecule has 2 saturated carbocycles. The van der Waals surface area contributed by atoms with Crippen LogP contribution < -0.4 is 0 Å². The molecular weight excluding hydrogens is 199 g/mol. The molecule has 2 rings (SSSR count). The molecule has 2 fully saturated rings. The fourth-order valence-electron chi connectivity index (χ4n) is 2.78. The molecule has 2 aliphatic rings. The Hall–Kier alpha value is 0.720. The first-order valence-corrected chi connectivity index (χ1v) is 8.20. The molecule has 0 heterocycles. The minimum atomic E-state index is -0.128. The van der Waals surface area contributed by atoms with Gasteiger partial charge in [-0.15, -0.1) is 0 Å². The van der Waals surface area contributed by atoms with Crippen molar-refractivity contribution in [1.82, 2.24) is 0 Å². The molecule has 0 N–H and O–H groups in total. The van der Waals surface area contributed by atoms with Gasteiger partial charge in [0, 0.05) is 0 Å². The minimum absolute atomic E-state index is 0.128. The van der Waals surface area contributed by atoms with E-state index < -0.39 is 0 Å². The van der Waals surface area contributed by atoms with E-state index in [1.54, 1.807) is 0 Å². The monoisotopic (exact) mass is 218 g/mol. The van der Waals surface area contributed by atoms with Gasteiger partial charge in [-0.05, 0) is 44.3 Å². The predicted molar refractivity (Wildman–Crippen MR) is 61.9 cm³/mol. The average Bonchev–Trinajstić information content (AvgIpc) is 2.71. The lowest BCUT2D eigenvalue weighted by molar-refractivity contribution is 0.510. The highest BCUT2D eigenvalue weighted by Gasteiger charge is 2.30. The van der Waals surface area contributed by atoms with Crippen LogP contribution in [0.15, 0.2) is 0 Å². The highest BCUT2D eigenvalue weighted by molar-refractivity contribution is 7.85. The molecule has 13 heavy (non-hydrogen) atoms. The van der Waals surface area contributed by atoms with Crippen LogP contribution in [-0.2, 0) is 0 Å². The van der Waals surface area contributed by atoms with E-state index in [1.165, 1.54) is 57.8 Å². The molecule has 0 aromatic heterocycles. The van der Waals surface area contributed by atoms with Crippen molar-refractivity contribution in [3.8, 4) is 0 Å². The van der Waals surface area contributed by atoms with E-state index in [1.807, 2.05) is 0 Å². The highest BCUT2D eigenvalue weighted by Crippen LogP contribution is 2.59. The van der Waals surface area contributed by atoms with Crippen molar-refractivity contribution in [2.45, 2.75) is 69.1 Å². The molecule has 0 nitrogen and oxygen atoms in total. The minimum Gasteiger partial charge on any atom is -0.0958 e. The summed E-state index contributed by atoms with van der Waals surface area (Å²) in [6.07, 6.45) is 13.0. The van der Waals surface area contributed by atoms with Crippen molar-refractivity contribution in [2.24, 2.45) is 0 Å². The SMILES string of the molecule is ClP(C1CCCCC1)C1CCCC1. The van der Waals surface area contributed by atoms with Gasteiger partial charge < -0.3 is 0 Å². The van der Waals surface area contributed by atoms with Gasteiger partial charge in [0.2, 0.25) is 0 Å². The second kappa shape index (κ2) is 4.99. The Morgan fingerprint density at radius 2 is 1.08 bits per heavy atom. The fourth-order valence-corrected chi connectivity index (χ4v) is 6.26. The van der Waals surface area contributed by atoms with Gasteiger partial charge in [0.1, 0.15) is 0 Å². The summed E-state index contributed by atoms with van der Waals surface area (Å²) in [5.41, 5.74) is 1.85. The van der Waals surface area contributed by atoms with E-state index in [-0.39, 0.29) is 7.27 Å². The van der Waals surface area contributed by atoms with Gasteiger partial charge in [0.15, 0.2) is 0 Å². The quantitative estimate of drug-likeness (QED) is 0.579. The molecule has 0 amide bonds. The van der Waals surface area contributed by atoms with E-state index in [0.29, 0.717) is 0 Å². The first-order valence-electron chi connectivity index (χ1n) is 5.82. The maximum Gasteiger partial charge on any atom is -0.00339 e. The van der Waals surface area contributed by atoms with Crippen molar-refractivity contribution >= 4 is 18.5 Å². The van der Waals surface area contributed by atoms with Crippen molar-refractivity contribution < 1.29 is 0 Å². The lowest BCUT2D eigenvalue weighted by Crippen LogP contribution is -2.13. The molecule has 1 atom stereocenters. The Bertz CT molecular complexity index is 148. The Kier molecular flexibility index (Phi) is 3.93. The molecule has 0 aromatic carbocycles. The standard InChI is InChI=1S/C11H20ClP/c12-13(11-8-4-5-9-11)10-6-2-1-3-7-10/h10-11H,1-9H2. The fraction of sp³-hybridized carbons (Fsp3) is 1.00. The predicted octanol–water partition coefficient (Wildman–Crippen LogP) is 4.90. The van der Waals surface area contributed by atoms with Gasteiger partial charge in [0.25, 0.3) is 0 Å². The van der Waals surface area contributed by atoms with Gasteiger partial charge in [-0.2, -0.15) is 0 Å². The third-order valence-corrected chi connectivity index (χ3v) is 7.68. The summed E-state index contributed by atoms with van der Waals surface area (Å²) in [4.78, 5) is 0.